The summed E-state index contributed by atoms with van der Waals surface area (Å²) in [5, 5.41) is 13.2. The molecule has 2 aromatic carbocycles. The minimum absolute atomic E-state index is 0.00114. The van der Waals surface area contributed by atoms with Crippen LogP contribution in [0.3, 0.4) is 0 Å². The summed E-state index contributed by atoms with van der Waals surface area (Å²) in [6, 6.07) is 11.7. The van der Waals surface area contributed by atoms with Crippen LogP contribution in [-0.2, 0) is 20.7 Å². The van der Waals surface area contributed by atoms with Gasteiger partial charge in [0.05, 0.1) is 33.3 Å². The van der Waals surface area contributed by atoms with Crippen molar-refractivity contribution in [1.29, 1.82) is 0 Å². The van der Waals surface area contributed by atoms with Crippen molar-refractivity contribution < 1.29 is 33.6 Å². The van der Waals surface area contributed by atoms with E-state index in [1.807, 2.05) is 0 Å². The van der Waals surface area contributed by atoms with Crippen molar-refractivity contribution in [2.75, 3.05) is 27.3 Å². The number of esters is 2. The number of carbonyl (C=O) groups excluding carboxylic acids is 2. The SMILES string of the molecule is COc1ccc(CC(=O)Oc2ccc(C(O)CNCC(=O)OC(C)(C)C)cc2)c(OC)c1. The Morgan fingerprint density at radius 1 is 0.969 bits per heavy atom. The third-order valence-corrected chi connectivity index (χ3v) is 4.35. The fraction of sp³-hybridized carbons (Fsp3) is 0.417. The van der Waals surface area contributed by atoms with Crippen molar-refractivity contribution in [3.8, 4) is 17.2 Å². The molecule has 2 N–H and O–H groups in total. The topological polar surface area (TPSA) is 103 Å². The smallest absolute Gasteiger partial charge is 0.320 e. The lowest BCUT2D eigenvalue weighted by Crippen LogP contribution is -2.33. The second kappa shape index (κ2) is 11.5. The van der Waals surface area contributed by atoms with Crippen molar-refractivity contribution in [2.24, 2.45) is 0 Å². The Morgan fingerprint density at radius 2 is 1.62 bits per heavy atom. The standard InChI is InChI=1S/C24H31NO7/c1-24(2,3)32-23(28)15-25-14-20(26)16-6-9-18(10-7-16)31-22(27)12-17-8-11-19(29-4)13-21(17)30-5/h6-11,13,20,25-26H,12,14-15H2,1-5H3. The molecule has 0 amide bonds. The van der Waals surface area contributed by atoms with E-state index in [-0.39, 0.29) is 25.5 Å². The van der Waals surface area contributed by atoms with Gasteiger partial charge in [-0.15, -0.1) is 0 Å². The van der Waals surface area contributed by atoms with Crippen LogP contribution in [0.4, 0.5) is 0 Å². The van der Waals surface area contributed by atoms with Crippen LogP contribution < -0.4 is 19.5 Å². The highest BCUT2D eigenvalue weighted by atomic mass is 16.6. The van der Waals surface area contributed by atoms with Gasteiger partial charge in [-0.1, -0.05) is 18.2 Å². The van der Waals surface area contributed by atoms with Crippen LogP contribution >= 0.6 is 0 Å². The van der Waals surface area contributed by atoms with E-state index in [1.54, 1.807) is 70.3 Å². The summed E-state index contributed by atoms with van der Waals surface area (Å²) in [7, 11) is 3.08. The van der Waals surface area contributed by atoms with Crippen LogP contribution in [0, 0.1) is 0 Å². The van der Waals surface area contributed by atoms with Gasteiger partial charge in [0.25, 0.3) is 0 Å². The maximum Gasteiger partial charge on any atom is 0.320 e. The minimum Gasteiger partial charge on any atom is -0.497 e. The molecule has 0 radical (unpaired) electrons. The third-order valence-electron chi connectivity index (χ3n) is 4.35. The number of ether oxygens (including phenoxy) is 4. The van der Waals surface area contributed by atoms with Crippen molar-refractivity contribution in [2.45, 2.75) is 38.9 Å². The molecule has 8 heteroatoms. The first-order valence-corrected chi connectivity index (χ1v) is 10.2. The van der Waals surface area contributed by atoms with E-state index in [0.717, 1.165) is 0 Å². The van der Waals surface area contributed by atoms with Crippen LogP contribution in [-0.4, -0.2) is 50.0 Å². The first-order chi connectivity index (χ1) is 15.1. The molecular weight excluding hydrogens is 414 g/mol. The maximum absolute atomic E-state index is 12.3. The fourth-order valence-electron chi connectivity index (χ4n) is 2.89. The monoisotopic (exact) mass is 445 g/mol. The predicted octanol–water partition coefficient (Wildman–Crippen LogP) is 2.82. The van der Waals surface area contributed by atoms with E-state index < -0.39 is 17.7 Å². The van der Waals surface area contributed by atoms with Gasteiger partial charge in [-0.05, 0) is 44.5 Å². The van der Waals surface area contributed by atoms with Crippen molar-refractivity contribution in [3.63, 3.8) is 0 Å². The average Bonchev–Trinajstić information content (AvgIpc) is 2.73. The normalized spacial score (nSPS) is 12.1. The van der Waals surface area contributed by atoms with Gasteiger partial charge in [0.1, 0.15) is 22.8 Å². The lowest BCUT2D eigenvalue weighted by atomic mass is 10.1. The molecule has 0 aliphatic heterocycles. The van der Waals surface area contributed by atoms with E-state index in [1.165, 1.54) is 7.11 Å². The zero-order chi connectivity index (χ0) is 23.7. The quantitative estimate of drug-likeness (QED) is 0.425. The first kappa shape index (κ1) is 25.2. The van der Waals surface area contributed by atoms with Crippen LogP contribution in [0.5, 0.6) is 17.2 Å². The Kier molecular flexibility index (Phi) is 9.04. The lowest BCUT2D eigenvalue weighted by molar-refractivity contribution is -0.153. The Hall–Kier alpha value is -3.10. The number of methoxy groups -OCH3 is 2. The Balaban J connectivity index is 1.85. The van der Waals surface area contributed by atoms with E-state index >= 15 is 0 Å². The van der Waals surface area contributed by atoms with Gasteiger partial charge >= 0.3 is 11.9 Å². The number of hydrogen-bond acceptors (Lipinski definition) is 8. The Labute approximate surface area is 188 Å². The van der Waals surface area contributed by atoms with Gasteiger partial charge in [0, 0.05) is 18.2 Å². The summed E-state index contributed by atoms with van der Waals surface area (Å²) in [6.07, 6.45) is -0.794. The van der Waals surface area contributed by atoms with Gasteiger partial charge in [-0.3, -0.25) is 9.59 Å². The molecule has 32 heavy (non-hydrogen) atoms. The van der Waals surface area contributed by atoms with E-state index in [4.69, 9.17) is 18.9 Å². The van der Waals surface area contributed by atoms with Gasteiger partial charge in [-0.25, -0.2) is 0 Å². The Bertz CT molecular complexity index is 904. The number of carbonyl (C=O) groups is 2. The predicted molar refractivity (Wildman–Crippen MR) is 119 cm³/mol. The fourth-order valence-corrected chi connectivity index (χ4v) is 2.89. The summed E-state index contributed by atoms with van der Waals surface area (Å²) in [6.45, 7) is 5.55. The summed E-state index contributed by atoms with van der Waals surface area (Å²) >= 11 is 0. The summed E-state index contributed by atoms with van der Waals surface area (Å²) in [5.41, 5.74) is 0.753. The Morgan fingerprint density at radius 3 is 2.22 bits per heavy atom. The highest BCUT2D eigenvalue weighted by molar-refractivity contribution is 5.76. The second-order valence-electron chi connectivity index (χ2n) is 8.13. The maximum atomic E-state index is 12.3. The molecule has 1 atom stereocenters. The number of aliphatic hydroxyl groups excluding tert-OH is 1. The van der Waals surface area contributed by atoms with Gasteiger partial charge in [0.2, 0.25) is 0 Å². The van der Waals surface area contributed by atoms with Gasteiger partial charge in [-0.2, -0.15) is 0 Å². The highest BCUT2D eigenvalue weighted by Crippen LogP contribution is 2.25. The zero-order valence-electron chi connectivity index (χ0n) is 19.1. The molecule has 0 spiro atoms. The highest BCUT2D eigenvalue weighted by Gasteiger charge is 2.17. The van der Waals surface area contributed by atoms with Crippen molar-refractivity contribution >= 4 is 11.9 Å². The molecule has 1 unspecified atom stereocenters. The van der Waals surface area contributed by atoms with Crippen LogP contribution in [0.15, 0.2) is 42.5 Å². The van der Waals surface area contributed by atoms with Crippen molar-refractivity contribution in [1.82, 2.24) is 5.32 Å². The number of hydrogen-bond donors (Lipinski definition) is 2. The molecule has 0 aromatic heterocycles. The van der Waals surface area contributed by atoms with Crippen molar-refractivity contribution in [3.05, 3.63) is 53.6 Å². The van der Waals surface area contributed by atoms with Crippen LogP contribution in [0.2, 0.25) is 0 Å². The third kappa shape index (κ3) is 8.20. The molecular formula is C24H31NO7. The van der Waals surface area contributed by atoms with Gasteiger partial charge < -0.3 is 29.4 Å². The van der Waals surface area contributed by atoms with Crippen LogP contribution in [0.1, 0.15) is 38.0 Å². The molecule has 0 saturated heterocycles. The van der Waals surface area contributed by atoms with E-state index in [0.29, 0.717) is 28.4 Å². The molecule has 8 nitrogen and oxygen atoms in total. The van der Waals surface area contributed by atoms with E-state index in [9.17, 15) is 14.7 Å². The molecule has 2 aromatic rings. The molecule has 0 heterocycles. The summed E-state index contributed by atoms with van der Waals surface area (Å²) in [5.74, 6) is 0.703. The van der Waals surface area contributed by atoms with E-state index in [2.05, 4.69) is 5.32 Å². The molecule has 0 fully saturated rings. The van der Waals surface area contributed by atoms with Crippen LogP contribution in [0.25, 0.3) is 0 Å². The minimum atomic E-state index is -0.828. The lowest BCUT2D eigenvalue weighted by Gasteiger charge is -2.20. The molecule has 0 bridgehead atoms. The number of aliphatic hydroxyl groups is 1. The number of benzene rings is 2. The number of nitrogens with one attached hydrogen (secondary N) is 1. The number of rotatable bonds is 10. The summed E-state index contributed by atoms with van der Waals surface area (Å²) < 4.78 is 21.0. The summed E-state index contributed by atoms with van der Waals surface area (Å²) in [4.78, 5) is 24.0. The largest absolute Gasteiger partial charge is 0.497 e. The second-order valence-corrected chi connectivity index (χ2v) is 8.13. The first-order valence-electron chi connectivity index (χ1n) is 10.2. The average molecular weight is 446 g/mol. The molecule has 0 aliphatic rings. The molecule has 174 valence electrons. The van der Waals surface area contributed by atoms with Gasteiger partial charge in [0.15, 0.2) is 0 Å². The molecule has 0 saturated carbocycles. The molecule has 0 aliphatic carbocycles. The molecule has 2 rings (SSSR count). The zero-order valence-corrected chi connectivity index (χ0v) is 19.1.